The van der Waals surface area contributed by atoms with Crippen LogP contribution in [0.1, 0.15) is 29.9 Å². The van der Waals surface area contributed by atoms with E-state index in [0.717, 1.165) is 30.8 Å². The van der Waals surface area contributed by atoms with E-state index < -0.39 is 5.60 Å². The molecular formula is C25H29FN2O4S. The summed E-state index contributed by atoms with van der Waals surface area (Å²) in [6, 6.07) is 6.48. The van der Waals surface area contributed by atoms with Crippen LogP contribution < -0.4 is 5.32 Å². The van der Waals surface area contributed by atoms with Crippen LogP contribution in [0.5, 0.6) is 0 Å². The number of rotatable bonds is 9. The molecule has 4 rings (SSSR count). The number of hydrogen-bond acceptors (Lipinski definition) is 6. The van der Waals surface area contributed by atoms with E-state index in [2.05, 4.69) is 21.7 Å². The van der Waals surface area contributed by atoms with Crippen molar-refractivity contribution in [1.29, 1.82) is 0 Å². The number of carbonyl (C=O) groups excluding carboxylic acids is 1. The molecule has 0 fully saturated rings. The van der Waals surface area contributed by atoms with Gasteiger partial charge in [-0.2, -0.15) is 0 Å². The number of nitrogens with one attached hydrogen (secondary N) is 1. The highest BCUT2D eigenvalue weighted by Gasteiger charge is 2.38. The first kappa shape index (κ1) is 23.6. The van der Waals surface area contributed by atoms with E-state index >= 15 is 0 Å². The van der Waals surface area contributed by atoms with Crippen LogP contribution in [0.25, 0.3) is 11.1 Å². The van der Waals surface area contributed by atoms with Gasteiger partial charge < -0.3 is 19.5 Å². The van der Waals surface area contributed by atoms with E-state index in [-0.39, 0.29) is 11.7 Å². The molecule has 8 heteroatoms. The maximum absolute atomic E-state index is 13.6. The highest BCUT2D eigenvalue weighted by atomic mass is 32.1. The number of thiophene rings is 1. The molecule has 0 unspecified atom stereocenters. The lowest BCUT2D eigenvalue weighted by atomic mass is 9.94. The zero-order valence-corrected chi connectivity index (χ0v) is 20.2. The Bertz CT molecular complexity index is 1100. The van der Waals surface area contributed by atoms with Gasteiger partial charge in [0.2, 0.25) is 0 Å². The first-order valence-corrected chi connectivity index (χ1v) is 11.7. The monoisotopic (exact) mass is 472 g/mol. The second kappa shape index (κ2) is 9.77. The number of halogens is 1. The molecule has 3 heterocycles. The molecule has 1 amide bonds. The van der Waals surface area contributed by atoms with Gasteiger partial charge in [-0.05, 0) is 55.1 Å². The first-order valence-electron chi connectivity index (χ1n) is 10.9. The summed E-state index contributed by atoms with van der Waals surface area (Å²) in [5.74, 6) is -0.163. The van der Waals surface area contributed by atoms with Crippen molar-refractivity contribution in [3.63, 3.8) is 0 Å². The molecule has 2 aliphatic heterocycles. The van der Waals surface area contributed by atoms with Gasteiger partial charge in [-0.1, -0.05) is 0 Å². The maximum Gasteiger partial charge on any atom is 0.260 e. The van der Waals surface area contributed by atoms with Crippen LogP contribution in [-0.2, 0) is 25.5 Å². The smallest absolute Gasteiger partial charge is 0.260 e. The van der Waals surface area contributed by atoms with Gasteiger partial charge in [0.25, 0.3) is 5.91 Å². The highest BCUT2D eigenvalue weighted by Crippen LogP contribution is 2.45. The Labute approximate surface area is 197 Å². The van der Waals surface area contributed by atoms with E-state index in [4.69, 9.17) is 14.2 Å². The lowest BCUT2D eigenvalue weighted by Gasteiger charge is -2.23. The van der Waals surface area contributed by atoms with Crippen LogP contribution in [0.3, 0.4) is 0 Å². The van der Waals surface area contributed by atoms with Crippen LogP contribution in [0.15, 0.2) is 41.5 Å². The predicted octanol–water partition coefficient (Wildman–Crippen LogP) is 4.54. The van der Waals surface area contributed by atoms with Crippen LogP contribution in [0, 0.1) is 5.82 Å². The minimum Gasteiger partial charge on any atom is -0.482 e. The molecule has 2 aromatic rings. The third kappa shape index (κ3) is 5.04. The van der Waals surface area contributed by atoms with Crippen molar-refractivity contribution in [3.8, 4) is 0 Å². The molecule has 0 saturated heterocycles. The van der Waals surface area contributed by atoms with Gasteiger partial charge in [0, 0.05) is 49.9 Å². The Morgan fingerprint density at radius 1 is 1.15 bits per heavy atom. The van der Waals surface area contributed by atoms with E-state index in [9.17, 15) is 9.18 Å². The van der Waals surface area contributed by atoms with Gasteiger partial charge in [0.1, 0.15) is 17.2 Å². The number of methoxy groups -OCH3 is 2. The number of anilines is 1. The number of carbonyl (C=O) groups is 1. The quantitative estimate of drug-likeness (QED) is 0.543. The normalized spacial score (nSPS) is 19.0. The van der Waals surface area contributed by atoms with Crippen molar-refractivity contribution in [1.82, 2.24) is 4.90 Å². The van der Waals surface area contributed by atoms with Crippen LogP contribution in [0.2, 0.25) is 0 Å². The molecule has 1 N–H and O–H groups in total. The second-order valence-electron chi connectivity index (χ2n) is 8.62. The lowest BCUT2D eigenvalue weighted by molar-refractivity contribution is -0.111. The summed E-state index contributed by atoms with van der Waals surface area (Å²) in [4.78, 5) is 16.2. The Morgan fingerprint density at radius 2 is 1.88 bits per heavy atom. The molecule has 0 spiro atoms. The van der Waals surface area contributed by atoms with Crippen molar-refractivity contribution in [3.05, 3.63) is 63.3 Å². The van der Waals surface area contributed by atoms with Gasteiger partial charge in [-0.25, -0.2) is 4.39 Å². The zero-order valence-electron chi connectivity index (χ0n) is 19.4. The number of ether oxygens (including phenoxy) is 3. The molecular weight excluding hydrogens is 443 g/mol. The maximum atomic E-state index is 13.6. The van der Waals surface area contributed by atoms with Crippen LogP contribution in [-0.4, -0.2) is 56.9 Å². The van der Waals surface area contributed by atoms with Gasteiger partial charge in [-0.3, -0.25) is 9.69 Å². The number of amides is 1. The van der Waals surface area contributed by atoms with E-state index in [1.54, 1.807) is 31.6 Å². The molecule has 2 aliphatic rings. The third-order valence-corrected chi connectivity index (χ3v) is 6.75. The summed E-state index contributed by atoms with van der Waals surface area (Å²) >= 11 is 1.70. The minimum atomic E-state index is -0.602. The Kier molecular flexibility index (Phi) is 6.99. The third-order valence-electron chi connectivity index (χ3n) is 5.83. The van der Waals surface area contributed by atoms with Gasteiger partial charge in [-0.15, -0.1) is 11.3 Å². The SMILES string of the molecule is COCCN(CCOC)Cc1cc(C2=CC(=C3C(=O)Nc4cc(F)ccc43)OC2(C)C)cs1. The van der Waals surface area contributed by atoms with Crippen molar-refractivity contribution in [2.45, 2.75) is 26.0 Å². The van der Waals surface area contributed by atoms with Crippen molar-refractivity contribution in [2.75, 3.05) is 45.8 Å². The minimum absolute atomic E-state index is 0.281. The molecule has 6 nitrogen and oxygen atoms in total. The summed E-state index contributed by atoms with van der Waals surface area (Å²) in [6.45, 7) is 7.78. The summed E-state index contributed by atoms with van der Waals surface area (Å²) in [7, 11) is 3.41. The molecule has 0 atom stereocenters. The summed E-state index contributed by atoms with van der Waals surface area (Å²) < 4.78 is 30.3. The summed E-state index contributed by atoms with van der Waals surface area (Å²) in [6.07, 6.45) is 1.94. The summed E-state index contributed by atoms with van der Waals surface area (Å²) in [5.41, 5.74) is 3.05. The fourth-order valence-corrected chi connectivity index (χ4v) is 5.07. The Hall–Kier alpha value is -2.52. The molecule has 1 aromatic carbocycles. The highest BCUT2D eigenvalue weighted by molar-refractivity contribution is 7.10. The molecule has 0 saturated carbocycles. The molecule has 0 radical (unpaired) electrons. The number of allylic oxidation sites excluding steroid dienone is 1. The molecule has 0 aliphatic carbocycles. The molecule has 33 heavy (non-hydrogen) atoms. The van der Waals surface area contributed by atoms with Crippen molar-refractivity contribution < 1.29 is 23.4 Å². The van der Waals surface area contributed by atoms with Gasteiger partial charge >= 0.3 is 0 Å². The second-order valence-corrected chi connectivity index (χ2v) is 9.61. The number of benzene rings is 1. The molecule has 0 bridgehead atoms. The number of fused-ring (bicyclic) bond motifs is 1. The van der Waals surface area contributed by atoms with E-state index in [1.807, 2.05) is 19.9 Å². The first-order chi connectivity index (χ1) is 15.8. The van der Waals surface area contributed by atoms with Gasteiger partial charge in [0.05, 0.1) is 24.5 Å². The molecule has 1 aromatic heterocycles. The Morgan fingerprint density at radius 3 is 2.58 bits per heavy atom. The van der Waals surface area contributed by atoms with Crippen molar-refractivity contribution >= 4 is 34.1 Å². The van der Waals surface area contributed by atoms with Gasteiger partial charge in [0.15, 0.2) is 0 Å². The Balaban J connectivity index is 1.61. The van der Waals surface area contributed by atoms with Crippen molar-refractivity contribution in [2.24, 2.45) is 0 Å². The average molecular weight is 473 g/mol. The standard InChI is InChI=1S/C25H29FN2O4S/c1-25(2)20(16-11-18(33-15-16)14-28(7-9-30-3)8-10-31-4)13-22(32-25)23-19-6-5-17(26)12-21(19)27-24(23)29/h5-6,11-13,15H,7-10,14H2,1-4H3,(H,27,29). The predicted molar refractivity (Wildman–Crippen MR) is 128 cm³/mol. The number of hydrogen-bond donors (Lipinski definition) is 1. The fraction of sp³-hybridized carbons (Fsp3) is 0.400. The largest absolute Gasteiger partial charge is 0.482 e. The zero-order chi connectivity index (χ0) is 23.6. The number of nitrogens with zero attached hydrogens (tertiary/aromatic N) is 1. The topological polar surface area (TPSA) is 60.0 Å². The summed E-state index contributed by atoms with van der Waals surface area (Å²) in [5, 5.41) is 4.86. The van der Waals surface area contributed by atoms with E-state index in [1.165, 1.54) is 17.0 Å². The lowest BCUT2D eigenvalue weighted by Crippen LogP contribution is -2.30. The van der Waals surface area contributed by atoms with Crippen LogP contribution in [0.4, 0.5) is 10.1 Å². The van der Waals surface area contributed by atoms with E-state index in [0.29, 0.717) is 35.8 Å². The molecule has 176 valence electrons. The van der Waals surface area contributed by atoms with Crippen LogP contribution >= 0.6 is 11.3 Å². The average Bonchev–Trinajstić information content (AvgIpc) is 3.43. The fourth-order valence-electron chi connectivity index (χ4n) is 4.14.